The van der Waals surface area contributed by atoms with Gasteiger partial charge in [0.1, 0.15) is 12.3 Å². The minimum Gasteiger partial charge on any atom is -0.384 e. The Hall–Kier alpha value is -2.39. The Morgan fingerprint density at radius 2 is 2.38 bits per heavy atom. The first-order valence-corrected chi connectivity index (χ1v) is 4.45. The van der Waals surface area contributed by atoms with Crippen LogP contribution in [-0.4, -0.2) is 26.8 Å². The summed E-state index contributed by atoms with van der Waals surface area (Å²) in [4.78, 5) is 10.2. The van der Waals surface area contributed by atoms with Crippen molar-refractivity contribution in [2.24, 2.45) is 0 Å². The normalized spacial score (nSPS) is 9.81. The number of para-hydroxylation sites is 1. The van der Waals surface area contributed by atoms with Gasteiger partial charge in [-0.1, -0.05) is 12.0 Å². The van der Waals surface area contributed by atoms with E-state index in [-0.39, 0.29) is 17.8 Å². The number of nitrogens with zero attached hydrogens (tertiary/aromatic N) is 2. The Morgan fingerprint density at radius 1 is 1.56 bits per heavy atom. The molecule has 1 heterocycles. The van der Waals surface area contributed by atoms with Crippen molar-refractivity contribution >= 4 is 16.6 Å². The standard InChI is InChI=1S/C10H7N3O3/c14-6-2-4-8-7-3-1-5-9(13(15)16)10(7)12-11-8/h1,3,5,14H,6H2,(H,11,12). The lowest BCUT2D eigenvalue weighted by Crippen LogP contribution is -1.88. The topological polar surface area (TPSA) is 92.0 Å². The number of non-ortho nitro benzene ring substituents is 1. The van der Waals surface area contributed by atoms with E-state index in [0.29, 0.717) is 11.1 Å². The first kappa shape index (κ1) is 10.1. The highest BCUT2D eigenvalue weighted by atomic mass is 16.6. The molecule has 0 fully saturated rings. The quantitative estimate of drug-likeness (QED) is 0.420. The largest absolute Gasteiger partial charge is 0.384 e. The molecule has 0 aliphatic carbocycles. The highest BCUT2D eigenvalue weighted by Gasteiger charge is 2.15. The second-order valence-electron chi connectivity index (χ2n) is 2.99. The second kappa shape index (κ2) is 4.00. The van der Waals surface area contributed by atoms with Crippen LogP contribution < -0.4 is 0 Å². The molecule has 0 radical (unpaired) electrons. The van der Waals surface area contributed by atoms with Crippen molar-refractivity contribution in [2.75, 3.05) is 6.61 Å². The molecule has 0 atom stereocenters. The van der Waals surface area contributed by atoms with Crippen molar-refractivity contribution in [1.29, 1.82) is 0 Å². The summed E-state index contributed by atoms with van der Waals surface area (Å²) in [5, 5.41) is 26.3. The summed E-state index contributed by atoms with van der Waals surface area (Å²) in [6.45, 7) is -0.268. The molecule has 2 rings (SSSR count). The summed E-state index contributed by atoms with van der Waals surface area (Å²) >= 11 is 0. The molecule has 2 aromatic rings. The maximum Gasteiger partial charge on any atom is 0.297 e. The van der Waals surface area contributed by atoms with Gasteiger partial charge < -0.3 is 5.11 Å². The number of rotatable bonds is 1. The smallest absolute Gasteiger partial charge is 0.297 e. The third-order valence-corrected chi connectivity index (χ3v) is 2.05. The molecule has 2 N–H and O–H groups in total. The molecule has 0 aliphatic heterocycles. The molecule has 1 aromatic heterocycles. The van der Waals surface area contributed by atoms with Crippen molar-refractivity contribution in [1.82, 2.24) is 10.2 Å². The van der Waals surface area contributed by atoms with E-state index in [0.717, 1.165) is 0 Å². The van der Waals surface area contributed by atoms with Gasteiger partial charge in [-0.3, -0.25) is 15.2 Å². The van der Waals surface area contributed by atoms with Crippen LogP contribution in [0.2, 0.25) is 0 Å². The van der Waals surface area contributed by atoms with Crippen molar-refractivity contribution in [2.45, 2.75) is 0 Å². The fourth-order valence-corrected chi connectivity index (χ4v) is 1.39. The number of benzene rings is 1. The third kappa shape index (κ3) is 1.60. The SMILES string of the molecule is O=[N+]([O-])c1cccc2c(C#CCO)[nH]nc12. The first-order chi connectivity index (χ1) is 7.74. The van der Waals surface area contributed by atoms with Crippen LogP contribution in [0.15, 0.2) is 18.2 Å². The van der Waals surface area contributed by atoms with Gasteiger partial charge in [-0.2, -0.15) is 5.10 Å². The number of aliphatic hydroxyl groups excluding tert-OH is 1. The number of aromatic amines is 1. The van der Waals surface area contributed by atoms with Crippen LogP contribution in [0.3, 0.4) is 0 Å². The summed E-state index contributed by atoms with van der Waals surface area (Å²) < 4.78 is 0. The van der Waals surface area contributed by atoms with Gasteiger partial charge in [-0.05, 0) is 12.0 Å². The molecular weight excluding hydrogens is 210 g/mol. The minimum absolute atomic E-state index is 0.0641. The predicted molar refractivity (Wildman–Crippen MR) is 56.7 cm³/mol. The van der Waals surface area contributed by atoms with E-state index in [1.165, 1.54) is 6.07 Å². The van der Waals surface area contributed by atoms with Crippen LogP contribution in [-0.2, 0) is 0 Å². The van der Waals surface area contributed by atoms with Crippen LogP contribution in [0, 0.1) is 22.0 Å². The van der Waals surface area contributed by atoms with Crippen molar-refractivity contribution < 1.29 is 10.0 Å². The lowest BCUT2D eigenvalue weighted by atomic mass is 10.2. The van der Waals surface area contributed by atoms with Gasteiger partial charge in [0.25, 0.3) is 5.69 Å². The van der Waals surface area contributed by atoms with E-state index in [1.54, 1.807) is 12.1 Å². The fraction of sp³-hybridized carbons (Fsp3) is 0.100. The Morgan fingerprint density at radius 3 is 3.06 bits per heavy atom. The van der Waals surface area contributed by atoms with Gasteiger partial charge >= 0.3 is 0 Å². The summed E-state index contributed by atoms with van der Waals surface area (Å²) in [6, 6.07) is 4.64. The molecule has 0 amide bonds. The molecule has 0 bridgehead atoms. The van der Waals surface area contributed by atoms with E-state index in [4.69, 9.17) is 5.11 Å². The molecule has 16 heavy (non-hydrogen) atoms. The maximum absolute atomic E-state index is 10.7. The Bertz CT molecular complexity index is 607. The summed E-state index contributed by atoms with van der Waals surface area (Å²) in [5.41, 5.74) is 0.674. The first-order valence-electron chi connectivity index (χ1n) is 4.45. The van der Waals surface area contributed by atoms with Crippen molar-refractivity contribution in [3.05, 3.63) is 34.0 Å². The highest BCUT2D eigenvalue weighted by molar-refractivity contribution is 5.90. The molecule has 0 unspecified atom stereocenters. The number of aromatic nitrogens is 2. The summed E-state index contributed by atoms with van der Waals surface area (Å²) in [6.07, 6.45) is 0. The van der Waals surface area contributed by atoms with Gasteiger partial charge in [-0.25, -0.2) is 0 Å². The third-order valence-electron chi connectivity index (χ3n) is 2.05. The molecule has 0 aliphatic rings. The number of aliphatic hydroxyl groups is 1. The number of hydrogen-bond donors (Lipinski definition) is 2. The van der Waals surface area contributed by atoms with E-state index in [1.807, 2.05) is 0 Å². The zero-order valence-corrected chi connectivity index (χ0v) is 8.10. The minimum atomic E-state index is -0.494. The lowest BCUT2D eigenvalue weighted by Gasteiger charge is -1.91. The number of H-pyrrole nitrogens is 1. The zero-order chi connectivity index (χ0) is 11.5. The van der Waals surface area contributed by atoms with E-state index in [2.05, 4.69) is 22.0 Å². The molecule has 0 saturated heterocycles. The average molecular weight is 217 g/mol. The zero-order valence-electron chi connectivity index (χ0n) is 8.10. The van der Waals surface area contributed by atoms with E-state index in [9.17, 15) is 10.1 Å². The molecular formula is C10H7N3O3. The predicted octanol–water partition coefficient (Wildman–Crippen LogP) is 0.815. The van der Waals surface area contributed by atoms with Crippen LogP contribution in [0.25, 0.3) is 10.9 Å². The van der Waals surface area contributed by atoms with Gasteiger partial charge in [0.15, 0.2) is 5.52 Å². The van der Waals surface area contributed by atoms with Crippen LogP contribution in [0.4, 0.5) is 5.69 Å². The van der Waals surface area contributed by atoms with E-state index < -0.39 is 4.92 Å². The maximum atomic E-state index is 10.7. The number of nitrogens with one attached hydrogen (secondary N) is 1. The van der Waals surface area contributed by atoms with Crippen LogP contribution in [0.5, 0.6) is 0 Å². The van der Waals surface area contributed by atoms with Gasteiger partial charge in [0.2, 0.25) is 0 Å². The Kier molecular flexibility index (Phi) is 2.54. The molecule has 0 saturated carbocycles. The van der Waals surface area contributed by atoms with Gasteiger partial charge in [0, 0.05) is 11.5 Å². The molecule has 1 aromatic carbocycles. The van der Waals surface area contributed by atoms with Gasteiger partial charge in [0.05, 0.1) is 4.92 Å². The van der Waals surface area contributed by atoms with Crippen molar-refractivity contribution in [3.63, 3.8) is 0 Å². The Balaban J connectivity index is 2.66. The number of fused-ring (bicyclic) bond motifs is 1. The fourth-order valence-electron chi connectivity index (χ4n) is 1.39. The average Bonchev–Trinajstić information content (AvgIpc) is 2.69. The number of nitro groups is 1. The Labute approximate surface area is 90.1 Å². The monoisotopic (exact) mass is 217 g/mol. The van der Waals surface area contributed by atoms with Crippen molar-refractivity contribution in [3.8, 4) is 11.8 Å². The number of nitro benzene ring substituents is 1. The summed E-state index contributed by atoms with van der Waals surface area (Å²) in [7, 11) is 0. The van der Waals surface area contributed by atoms with Crippen LogP contribution >= 0.6 is 0 Å². The second-order valence-corrected chi connectivity index (χ2v) is 2.99. The molecule has 6 nitrogen and oxygen atoms in total. The summed E-state index contributed by atoms with van der Waals surface area (Å²) in [5.74, 6) is 5.10. The molecule has 80 valence electrons. The molecule has 6 heteroatoms. The lowest BCUT2D eigenvalue weighted by molar-refractivity contribution is -0.383. The number of hydrogen-bond acceptors (Lipinski definition) is 4. The highest BCUT2D eigenvalue weighted by Crippen LogP contribution is 2.24. The van der Waals surface area contributed by atoms with E-state index >= 15 is 0 Å². The van der Waals surface area contributed by atoms with Gasteiger partial charge in [-0.15, -0.1) is 0 Å². The van der Waals surface area contributed by atoms with Crippen LogP contribution in [0.1, 0.15) is 5.69 Å². The molecule has 0 spiro atoms.